The van der Waals surface area contributed by atoms with E-state index >= 15 is 0 Å². The molecule has 6 aromatic rings. The van der Waals surface area contributed by atoms with Crippen molar-refractivity contribution in [2.45, 2.75) is 12.8 Å². The summed E-state index contributed by atoms with van der Waals surface area (Å²) < 4.78 is 0. The third-order valence-corrected chi connectivity index (χ3v) is 8.43. The van der Waals surface area contributed by atoms with Crippen molar-refractivity contribution >= 4 is 37.9 Å². The van der Waals surface area contributed by atoms with E-state index in [1.54, 1.807) is 6.08 Å². The van der Waals surface area contributed by atoms with Crippen LogP contribution in [0.25, 0.3) is 60.1 Å². The molecule has 7 rings (SSSR count). The molecule has 6 aromatic carbocycles. The summed E-state index contributed by atoms with van der Waals surface area (Å²) in [4.78, 5) is 0. The minimum atomic E-state index is 1.01. The average Bonchev–Trinajstić information content (AvgIpc) is 3.06. The zero-order chi connectivity index (χ0) is 28.5. The first kappa shape index (κ1) is 25.7. The standard InChI is InChI=1S/C42H32/c1-3-4-14-29(2)31-17-11-18-32(27-31)33-19-12-20-34(28-33)41-37-22-7-9-24-39(37)42(40-25-10-8-23-38(40)41)36-26-13-16-30-15-5-6-21-35(30)36/h3-10,12-16,18-28H,1-2,11,17H2/b14-4-. The zero-order valence-corrected chi connectivity index (χ0v) is 23.7. The Labute approximate surface area is 248 Å². The molecule has 0 radical (unpaired) electrons. The molecular formula is C42H32. The van der Waals surface area contributed by atoms with Gasteiger partial charge in [0.05, 0.1) is 0 Å². The average molecular weight is 537 g/mol. The largest absolute Gasteiger partial charge is 0.0991 e. The molecule has 0 bridgehead atoms. The molecule has 0 nitrogen and oxygen atoms in total. The lowest BCUT2D eigenvalue weighted by Gasteiger charge is -2.19. The monoisotopic (exact) mass is 536 g/mol. The van der Waals surface area contributed by atoms with Crippen LogP contribution in [-0.2, 0) is 0 Å². The van der Waals surface area contributed by atoms with E-state index in [1.807, 2.05) is 12.2 Å². The second-order valence-corrected chi connectivity index (χ2v) is 10.9. The molecule has 0 unspecified atom stereocenters. The fourth-order valence-electron chi connectivity index (χ4n) is 6.47. The van der Waals surface area contributed by atoms with Crippen LogP contribution in [0, 0.1) is 0 Å². The Morgan fingerprint density at radius 2 is 1.21 bits per heavy atom. The highest BCUT2D eigenvalue weighted by Gasteiger charge is 2.18. The maximum Gasteiger partial charge on any atom is -0.00201 e. The van der Waals surface area contributed by atoms with E-state index in [9.17, 15) is 0 Å². The number of rotatable bonds is 6. The molecule has 0 heterocycles. The molecule has 0 heteroatoms. The van der Waals surface area contributed by atoms with Crippen molar-refractivity contribution < 1.29 is 0 Å². The van der Waals surface area contributed by atoms with Gasteiger partial charge < -0.3 is 0 Å². The van der Waals surface area contributed by atoms with Crippen molar-refractivity contribution in [2.24, 2.45) is 0 Å². The predicted molar refractivity (Wildman–Crippen MR) is 184 cm³/mol. The van der Waals surface area contributed by atoms with Gasteiger partial charge in [0.25, 0.3) is 0 Å². The van der Waals surface area contributed by atoms with Gasteiger partial charge in [-0.15, -0.1) is 0 Å². The lowest BCUT2D eigenvalue weighted by atomic mass is 9.84. The number of benzene rings is 6. The summed E-state index contributed by atoms with van der Waals surface area (Å²) in [5, 5.41) is 7.63. The SMILES string of the molecule is C=C/C=C\C(=C)C1=CC(c2cccc(-c3c4ccccc4c(-c4cccc5ccccc45)c4ccccc34)c2)=CCC1. The molecule has 0 saturated heterocycles. The van der Waals surface area contributed by atoms with Crippen molar-refractivity contribution in [3.05, 3.63) is 176 Å². The minimum absolute atomic E-state index is 1.01. The highest BCUT2D eigenvalue weighted by molar-refractivity contribution is 6.23. The Hall–Kier alpha value is -5.20. The molecule has 0 aliphatic heterocycles. The van der Waals surface area contributed by atoms with E-state index in [0.29, 0.717) is 0 Å². The van der Waals surface area contributed by atoms with Gasteiger partial charge >= 0.3 is 0 Å². The topological polar surface area (TPSA) is 0 Å². The van der Waals surface area contributed by atoms with Crippen LogP contribution >= 0.6 is 0 Å². The van der Waals surface area contributed by atoms with E-state index in [2.05, 4.69) is 141 Å². The Bertz CT molecular complexity index is 2050. The van der Waals surface area contributed by atoms with Crippen molar-refractivity contribution in [1.29, 1.82) is 0 Å². The summed E-state index contributed by atoms with van der Waals surface area (Å²) in [5.74, 6) is 0. The molecule has 1 aliphatic rings. The number of allylic oxidation sites excluding steroid dienone is 8. The molecule has 0 amide bonds. The van der Waals surface area contributed by atoms with Gasteiger partial charge in [0, 0.05) is 0 Å². The summed E-state index contributed by atoms with van der Waals surface area (Å²) in [6.07, 6.45) is 12.5. The van der Waals surface area contributed by atoms with Crippen LogP contribution in [0.1, 0.15) is 18.4 Å². The molecule has 0 N–H and O–H groups in total. The lowest BCUT2D eigenvalue weighted by molar-refractivity contribution is 0.983. The van der Waals surface area contributed by atoms with Gasteiger partial charge in [0.15, 0.2) is 0 Å². The highest BCUT2D eigenvalue weighted by atomic mass is 14.2. The van der Waals surface area contributed by atoms with Crippen molar-refractivity contribution in [1.82, 2.24) is 0 Å². The Kier molecular flexibility index (Phi) is 6.74. The van der Waals surface area contributed by atoms with Gasteiger partial charge in [0.1, 0.15) is 0 Å². The van der Waals surface area contributed by atoms with E-state index in [0.717, 1.165) is 18.4 Å². The molecule has 1 aliphatic carbocycles. The van der Waals surface area contributed by atoms with Crippen molar-refractivity contribution in [3.8, 4) is 22.3 Å². The third-order valence-electron chi connectivity index (χ3n) is 8.43. The van der Waals surface area contributed by atoms with Gasteiger partial charge in [-0.05, 0) is 95.8 Å². The molecule has 200 valence electrons. The Balaban J connectivity index is 1.45. The van der Waals surface area contributed by atoms with Gasteiger partial charge in [-0.25, -0.2) is 0 Å². The summed E-state index contributed by atoms with van der Waals surface area (Å²) in [6, 6.07) is 42.2. The molecular weight excluding hydrogens is 504 g/mol. The lowest BCUT2D eigenvalue weighted by Crippen LogP contribution is -1.95. The van der Waals surface area contributed by atoms with Crippen molar-refractivity contribution in [2.75, 3.05) is 0 Å². The number of hydrogen-bond acceptors (Lipinski definition) is 0. The second-order valence-electron chi connectivity index (χ2n) is 10.9. The molecule has 42 heavy (non-hydrogen) atoms. The quantitative estimate of drug-likeness (QED) is 0.147. The molecule has 0 atom stereocenters. The summed E-state index contributed by atoms with van der Waals surface area (Å²) >= 11 is 0. The fourth-order valence-corrected chi connectivity index (χ4v) is 6.47. The molecule has 0 saturated carbocycles. The Morgan fingerprint density at radius 3 is 1.93 bits per heavy atom. The predicted octanol–water partition coefficient (Wildman–Crippen LogP) is 11.9. The maximum absolute atomic E-state index is 4.30. The van der Waals surface area contributed by atoms with Crippen LogP contribution < -0.4 is 0 Å². The number of hydrogen-bond donors (Lipinski definition) is 0. The summed E-state index contributed by atoms with van der Waals surface area (Å²) in [7, 11) is 0. The first-order valence-corrected chi connectivity index (χ1v) is 14.6. The smallest absolute Gasteiger partial charge is 0.00201 e. The zero-order valence-electron chi connectivity index (χ0n) is 23.7. The van der Waals surface area contributed by atoms with E-state index < -0.39 is 0 Å². The minimum Gasteiger partial charge on any atom is -0.0991 e. The Morgan fingerprint density at radius 1 is 0.619 bits per heavy atom. The highest BCUT2D eigenvalue weighted by Crippen LogP contribution is 2.45. The van der Waals surface area contributed by atoms with Gasteiger partial charge in [0.2, 0.25) is 0 Å². The second kappa shape index (κ2) is 11.0. The fraction of sp³-hybridized carbons (Fsp3) is 0.0476. The van der Waals surface area contributed by atoms with Gasteiger partial charge in [-0.1, -0.05) is 153 Å². The third kappa shape index (κ3) is 4.52. The van der Waals surface area contributed by atoms with Crippen LogP contribution in [0.5, 0.6) is 0 Å². The summed E-state index contributed by atoms with van der Waals surface area (Å²) in [6.45, 7) is 8.10. The van der Waals surface area contributed by atoms with Crippen LogP contribution in [0.2, 0.25) is 0 Å². The van der Waals surface area contributed by atoms with Crippen molar-refractivity contribution in [3.63, 3.8) is 0 Å². The van der Waals surface area contributed by atoms with Crippen LogP contribution in [0.15, 0.2) is 170 Å². The summed E-state index contributed by atoms with van der Waals surface area (Å²) in [5.41, 5.74) is 9.91. The molecule has 0 spiro atoms. The normalized spacial score (nSPS) is 13.4. The molecule has 0 aromatic heterocycles. The first-order chi connectivity index (χ1) is 20.7. The van der Waals surface area contributed by atoms with E-state index in [-0.39, 0.29) is 0 Å². The van der Waals surface area contributed by atoms with Crippen LogP contribution in [0.3, 0.4) is 0 Å². The van der Waals surface area contributed by atoms with Gasteiger partial charge in [-0.3, -0.25) is 0 Å². The first-order valence-electron chi connectivity index (χ1n) is 14.6. The van der Waals surface area contributed by atoms with Crippen LogP contribution in [0.4, 0.5) is 0 Å². The van der Waals surface area contributed by atoms with Gasteiger partial charge in [-0.2, -0.15) is 0 Å². The maximum atomic E-state index is 4.30. The van der Waals surface area contributed by atoms with Crippen LogP contribution in [-0.4, -0.2) is 0 Å². The number of fused-ring (bicyclic) bond motifs is 3. The molecule has 0 fully saturated rings. The van der Waals surface area contributed by atoms with E-state index in [4.69, 9.17) is 0 Å². The van der Waals surface area contributed by atoms with E-state index in [1.165, 1.54) is 71.3 Å².